The normalized spacial score (nSPS) is 15.2. The number of imidazole rings is 1. The third kappa shape index (κ3) is 5.49. The fourth-order valence-electron chi connectivity index (χ4n) is 4.90. The monoisotopic (exact) mass is 556 g/mol. The van der Waals surface area contributed by atoms with E-state index in [1.165, 1.54) is 35.2 Å². The summed E-state index contributed by atoms with van der Waals surface area (Å²) in [6.45, 7) is 1.66. The molecule has 1 aromatic heterocycles. The van der Waals surface area contributed by atoms with Gasteiger partial charge in [0.25, 0.3) is 17.7 Å². The van der Waals surface area contributed by atoms with E-state index >= 15 is 0 Å². The number of halogens is 2. The fourth-order valence-corrected chi connectivity index (χ4v) is 4.90. The van der Waals surface area contributed by atoms with Crippen LogP contribution in [0.15, 0.2) is 91.3 Å². The van der Waals surface area contributed by atoms with Gasteiger partial charge in [-0.15, -0.1) is 0 Å². The summed E-state index contributed by atoms with van der Waals surface area (Å²) < 4.78 is 31.8. The number of alkyl halides is 2. The highest BCUT2D eigenvalue weighted by Gasteiger charge is 2.41. The third-order valence-electron chi connectivity index (χ3n) is 6.87. The molecule has 0 saturated carbocycles. The molecule has 2 N–H and O–H groups in total. The predicted molar refractivity (Wildman–Crippen MR) is 151 cm³/mol. The van der Waals surface area contributed by atoms with Crippen molar-refractivity contribution in [1.29, 1.82) is 0 Å². The molecule has 0 fully saturated rings. The molecule has 1 aliphatic rings. The van der Waals surface area contributed by atoms with E-state index in [-0.39, 0.29) is 29.3 Å². The van der Waals surface area contributed by atoms with Crippen LogP contribution in [0, 0.1) is 0 Å². The van der Waals surface area contributed by atoms with Crippen LogP contribution >= 0.6 is 0 Å². The molecule has 0 spiro atoms. The molecular weight excluding hydrogens is 530 g/mol. The molecular formula is C31H26F2N4O4. The van der Waals surface area contributed by atoms with Crippen LogP contribution in [0.3, 0.4) is 0 Å². The third-order valence-corrected chi connectivity index (χ3v) is 6.87. The lowest BCUT2D eigenvalue weighted by Crippen LogP contribution is -2.33. The zero-order valence-electron chi connectivity index (χ0n) is 22.1. The van der Waals surface area contributed by atoms with Gasteiger partial charge in [0.15, 0.2) is 0 Å². The first-order chi connectivity index (χ1) is 19.7. The number of carbonyl (C=O) groups excluding carboxylic acids is 2. The van der Waals surface area contributed by atoms with E-state index in [2.05, 4.69) is 10.3 Å². The molecule has 5 rings (SSSR count). The highest BCUT2D eigenvalue weighted by Crippen LogP contribution is 2.43. The summed E-state index contributed by atoms with van der Waals surface area (Å²) in [6.07, 6.45) is 3.92. The van der Waals surface area contributed by atoms with Gasteiger partial charge in [0, 0.05) is 60.2 Å². The Labute approximate surface area is 234 Å². The average molecular weight is 557 g/mol. The lowest BCUT2D eigenvalue weighted by molar-refractivity contribution is -0.131. The Morgan fingerprint density at radius 2 is 1.68 bits per heavy atom. The molecule has 0 radical (unpaired) electrons. The van der Waals surface area contributed by atoms with Crippen LogP contribution in [0.4, 0.5) is 20.2 Å². The second kappa shape index (κ2) is 11.2. The minimum Gasteiger partial charge on any atom is -0.478 e. The van der Waals surface area contributed by atoms with Gasteiger partial charge in [-0.3, -0.25) is 9.59 Å². The topological polar surface area (TPSA) is 105 Å². The summed E-state index contributed by atoms with van der Waals surface area (Å²) >= 11 is 0. The largest absolute Gasteiger partial charge is 0.478 e. The molecule has 1 aliphatic heterocycles. The molecule has 0 atom stereocenters. The van der Waals surface area contributed by atoms with Crippen molar-refractivity contribution in [2.24, 2.45) is 0 Å². The van der Waals surface area contributed by atoms with Gasteiger partial charge in [0.05, 0.1) is 16.9 Å². The summed E-state index contributed by atoms with van der Waals surface area (Å²) in [4.78, 5) is 43.6. The lowest BCUT2D eigenvalue weighted by atomic mass is 9.97. The van der Waals surface area contributed by atoms with E-state index in [9.17, 15) is 28.3 Å². The Morgan fingerprint density at radius 3 is 2.39 bits per heavy atom. The first-order valence-electron chi connectivity index (χ1n) is 13.0. The van der Waals surface area contributed by atoms with Gasteiger partial charge < -0.3 is 19.9 Å². The van der Waals surface area contributed by atoms with Gasteiger partial charge >= 0.3 is 5.97 Å². The highest BCUT2D eigenvalue weighted by atomic mass is 19.3. The van der Waals surface area contributed by atoms with Crippen molar-refractivity contribution in [1.82, 2.24) is 9.55 Å². The number of aromatic nitrogens is 2. The zero-order chi connectivity index (χ0) is 29.1. The maximum Gasteiger partial charge on any atom is 0.328 e. The number of hydrogen-bond donors (Lipinski definition) is 2. The first-order valence-corrected chi connectivity index (χ1v) is 13.0. The van der Waals surface area contributed by atoms with E-state index in [0.29, 0.717) is 29.4 Å². The van der Waals surface area contributed by atoms with Crippen molar-refractivity contribution in [3.8, 4) is 5.69 Å². The number of benzene rings is 3. The number of para-hydroxylation sites is 2. The number of carbonyl (C=O) groups is 3. The summed E-state index contributed by atoms with van der Waals surface area (Å²) in [5.41, 5.74) is 1.32. The lowest BCUT2D eigenvalue weighted by Gasteiger charge is -2.23. The Morgan fingerprint density at radius 1 is 1.00 bits per heavy atom. The summed E-state index contributed by atoms with van der Waals surface area (Å²) in [6, 6.07) is 19.3. The zero-order valence-corrected chi connectivity index (χ0v) is 22.1. The van der Waals surface area contributed by atoms with Crippen molar-refractivity contribution < 1.29 is 28.3 Å². The standard InChI is InChI=1S/C31H26F2N4O4/c1-2-27-34-16-18-36(27)26-10-6-4-8-23(26)29(40)35-21-13-11-20(12-14-21)30(41)37-17-15-31(32,33)24(19-28(38)39)22-7-3-5-9-25(22)37/h3-14,16,18-19H,2,15,17H2,1H3,(H,35,40)(H,38,39)/b24-19-. The summed E-state index contributed by atoms with van der Waals surface area (Å²) in [5, 5.41) is 12.0. The number of amides is 2. The fraction of sp³-hybridized carbons (Fsp3) is 0.161. The molecule has 208 valence electrons. The molecule has 3 aromatic carbocycles. The van der Waals surface area contributed by atoms with Crippen molar-refractivity contribution in [3.05, 3.63) is 114 Å². The molecule has 2 amide bonds. The van der Waals surface area contributed by atoms with Crippen molar-refractivity contribution in [3.63, 3.8) is 0 Å². The molecule has 0 unspecified atom stereocenters. The molecule has 2 heterocycles. The van der Waals surface area contributed by atoms with Crippen LogP contribution in [0.2, 0.25) is 0 Å². The van der Waals surface area contributed by atoms with Crippen LogP contribution in [0.5, 0.6) is 0 Å². The number of fused-ring (bicyclic) bond motifs is 1. The van der Waals surface area contributed by atoms with E-state index in [1.807, 2.05) is 23.6 Å². The summed E-state index contributed by atoms with van der Waals surface area (Å²) in [5.74, 6) is -5.00. The minimum absolute atomic E-state index is 0.0163. The van der Waals surface area contributed by atoms with Gasteiger partial charge in [-0.05, 0) is 42.5 Å². The van der Waals surface area contributed by atoms with E-state index in [0.717, 1.165) is 5.82 Å². The molecule has 0 saturated heterocycles. The molecule has 41 heavy (non-hydrogen) atoms. The van der Waals surface area contributed by atoms with Gasteiger partial charge in [-0.1, -0.05) is 37.3 Å². The Kier molecular flexibility index (Phi) is 7.47. The number of rotatable bonds is 6. The quantitative estimate of drug-likeness (QED) is 0.291. The number of aryl methyl sites for hydroxylation is 1. The Bertz CT molecular complexity index is 1660. The number of nitrogens with one attached hydrogen (secondary N) is 1. The number of carboxylic acids is 1. The number of carboxylic acid groups (broad SMARTS) is 1. The Balaban J connectivity index is 1.39. The van der Waals surface area contributed by atoms with Crippen LogP contribution in [-0.4, -0.2) is 44.9 Å². The SMILES string of the molecule is CCc1nccn1-c1ccccc1C(=O)Nc1ccc(C(=O)N2CCC(F)(F)/C(=C\C(=O)O)c3ccccc32)cc1. The maximum absolute atomic E-state index is 15.0. The van der Waals surface area contributed by atoms with E-state index < -0.39 is 29.8 Å². The highest BCUT2D eigenvalue weighted by molar-refractivity contribution is 6.10. The average Bonchev–Trinajstić information content (AvgIpc) is 3.41. The molecule has 10 heteroatoms. The Hall–Kier alpha value is -5.12. The van der Waals surface area contributed by atoms with Crippen LogP contribution in [0.1, 0.15) is 45.4 Å². The molecule has 0 bridgehead atoms. The predicted octanol–water partition coefficient (Wildman–Crippen LogP) is 5.84. The smallest absolute Gasteiger partial charge is 0.328 e. The van der Waals surface area contributed by atoms with Gasteiger partial charge in [-0.25, -0.2) is 18.6 Å². The van der Waals surface area contributed by atoms with E-state index in [4.69, 9.17) is 0 Å². The number of anilines is 2. The number of aliphatic carboxylic acids is 1. The van der Waals surface area contributed by atoms with Gasteiger partial charge in [0.1, 0.15) is 5.82 Å². The first kappa shape index (κ1) is 27.4. The van der Waals surface area contributed by atoms with Crippen LogP contribution < -0.4 is 10.2 Å². The number of allylic oxidation sites excluding steroid dienone is 1. The maximum atomic E-state index is 15.0. The minimum atomic E-state index is -3.44. The van der Waals surface area contributed by atoms with Crippen molar-refractivity contribution >= 4 is 34.7 Å². The van der Waals surface area contributed by atoms with Crippen molar-refractivity contribution in [2.45, 2.75) is 25.7 Å². The second-order valence-corrected chi connectivity index (χ2v) is 9.44. The molecule has 4 aromatic rings. The van der Waals surface area contributed by atoms with Crippen LogP contribution in [0.25, 0.3) is 11.3 Å². The van der Waals surface area contributed by atoms with Crippen LogP contribution in [-0.2, 0) is 11.2 Å². The number of hydrogen-bond acceptors (Lipinski definition) is 4. The molecule has 0 aliphatic carbocycles. The second-order valence-electron chi connectivity index (χ2n) is 9.44. The van der Waals surface area contributed by atoms with Gasteiger partial charge in [0.2, 0.25) is 0 Å². The summed E-state index contributed by atoms with van der Waals surface area (Å²) in [7, 11) is 0. The number of nitrogens with zero attached hydrogens (tertiary/aromatic N) is 3. The van der Waals surface area contributed by atoms with Gasteiger partial charge in [-0.2, -0.15) is 0 Å². The van der Waals surface area contributed by atoms with Crippen molar-refractivity contribution in [2.75, 3.05) is 16.8 Å². The molecule has 8 nitrogen and oxygen atoms in total. The van der Waals surface area contributed by atoms with E-state index in [1.54, 1.807) is 42.7 Å².